The van der Waals surface area contributed by atoms with E-state index in [0.29, 0.717) is 12.0 Å². The number of aryl methyl sites for hydroxylation is 1. The first-order chi connectivity index (χ1) is 8.34. The van der Waals surface area contributed by atoms with Crippen LogP contribution >= 0.6 is 15.9 Å². The molecule has 2 atom stereocenters. The van der Waals surface area contributed by atoms with Crippen LogP contribution in [0.1, 0.15) is 29.9 Å². The van der Waals surface area contributed by atoms with Crippen LogP contribution in [-0.2, 0) is 6.42 Å². The van der Waals surface area contributed by atoms with Gasteiger partial charge in [-0.05, 0) is 42.5 Å². The van der Waals surface area contributed by atoms with Gasteiger partial charge in [0.25, 0.3) is 0 Å². The van der Waals surface area contributed by atoms with Crippen molar-refractivity contribution in [2.75, 3.05) is 19.6 Å². The molecule has 1 saturated heterocycles. The molecule has 0 radical (unpaired) electrons. The highest BCUT2D eigenvalue weighted by atomic mass is 79.9. The van der Waals surface area contributed by atoms with Gasteiger partial charge in [0.2, 0.25) is 0 Å². The van der Waals surface area contributed by atoms with Gasteiger partial charge in [-0.1, -0.05) is 22.0 Å². The summed E-state index contributed by atoms with van der Waals surface area (Å²) in [6, 6.07) is 7.42. The second-order valence-corrected chi connectivity index (χ2v) is 6.02. The molecular formula is C14H19BrN2. The largest absolute Gasteiger partial charge is 0.314 e. The summed E-state index contributed by atoms with van der Waals surface area (Å²) in [6.45, 7) is 3.32. The van der Waals surface area contributed by atoms with Crippen molar-refractivity contribution in [2.45, 2.75) is 31.2 Å². The van der Waals surface area contributed by atoms with Gasteiger partial charge in [-0.25, -0.2) is 0 Å². The predicted octanol–water partition coefficient (Wildman–Crippen LogP) is 2.43. The molecule has 3 rings (SSSR count). The van der Waals surface area contributed by atoms with E-state index in [2.05, 4.69) is 44.8 Å². The number of benzene rings is 1. The fourth-order valence-electron chi connectivity index (χ4n) is 3.20. The average Bonchev–Trinajstić information content (AvgIpc) is 2.39. The smallest absolute Gasteiger partial charge is 0.0261 e. The molecule has 1 aromatic rings. The third-order valence-electron chi connectivity index (χ3n) is 4.02. The van der Waals surface area contributed by atoms with Crippen LogP contribution in [0.3, 0.4) is 0 Å². The van der Waals surface area contributed by atoms with Crippen molar-refractivity contribution < 1.29 is 0 Å². The van der Waals surface area contributed by atoms with Gasteiger partial charge >= 0.3 is 0 Å². The number of hydrogen-bond acceptors (Lipinski definition) is 2. The molecule has 0 bridgehead atoms. The molecule has 0 aromatic heterocycles. The highest BCUT2D eigenvalue weighted by Gasteiger charge is 2.28. The molecule has 0 amide bonds. The lowest BCUT2D eigenvalue weighted by molar-refractivity contribution is 0.341. The second kappa shape index (κ2) is 5.09. The quantitative estimate of drug-likeness (QED) is 0.831. The Hall–Kier alpha value is -0.380. The highest BCUT2D eigenvalue weighted by Crippen LogP contribution is 2.35. The molecule has 3 heteroatoms. The van der Waals surface area contributed by atoms with E-state index in [-0.39, 0.29) is 0 Å². The topological polar surface area (TPSA) is 24.1 Å². The monoisotopic (exact) mass is 294 g/mol. The van der Waals surface area contributed by atoms with Crippen LogP contribution in [0.15, 0.2) is 22.7 Å². The fourth-order valence-corrected chi connectivity index (χ4v) is 3.61. The summed E-state index contributed by atoms with van der Waals surface area (Å²) in [7, 11) is 0. The molecule has 1 fully saturated rings. The van der Waals surface area contributed by atoms with Gasteiger partial charge in [0.15, 0.2) is 0 Å². The third-order valence-corrected chi connectivity index (χ3v) is 4.52. The molecule has 0 saturated carbocycles. The van der Waals surface area contributed by atoms with Crippen molar-refractivity contribution in [3.05, 3.63) is 33.8 Å². The Bertz CT molecular complexity index is 399. The molecule has 1 heterocycles. The Morgan fingerprint density at radius 2 is 2.18 bits per heavy atom. The maximum Gasteiger partial charge on any atom is 0.0261 e. The Kier molecular flexibility index (Phi) is 3.50. The van der Waals surface area contributed by atoms with Crippen LogP contribution in [0.5, 0.6) is 0 Å². The summed E-state index contributed by atoms with van der Waals surface area (Å²) in [5.41, 5.74) is 3.11. The zero-order chi connectivity index (χ0) is 11.7. The molecule has 1 aliphatic carbocycles. The number of halogens is 1. The van der Waals surface area contributed by atoms with Crippen molar-refractivity contribution in [3.8, 4) is 0 Å². The molecule has 1 aromatic carbocycles. The van der Waals surface area contributed by atoms with Gasteiger partial charge in [0.1, 0.15) is 0 Å². The van der Waals surface area contributed by atoms with Gasteiger partial charge in [0, 0.05) is 36.1 Å². The van der Waals surface area contributed by atoms with E-state index < -0.39 is 0 Å². The predicted molar refractivity (Wildman–Crippen MR) is 74.5 cm³/mol. The lowest BCUT2D eigenvalue weighted by Crippen LogP contribution is -2.51. The Morgan fingerprint density at radius 3 is 3.00 bits per heavy atom. The van der Waals surface area contributed by atoms with Gasteiger partial charge < -0.3 is 10.6 Å². The SMILES string of the molecule is Brc1ccc2c(c1)CCCC2C1CNCCN1. The first-order valence-electron chi connectivity index (χ1n) is 6.57. The number of piperazine rings is 1. The number of hydrogen-bond donors (Lipinski definition) is 2. The van der Waals surface area contributed by atoms with Crippen molar-refractivity contribution >= 4 is 15.9 Å². The minimum absolute atomic E-state index is 0.615. The maximum atomic E-state index is 3.67. The summed E-state index contributed by atoms with van der Waals surface area (Å²) in [6.07, 6.45) is 3.89. The molecule has 2 unspecified atom stereocenters. The highest BCUT2D eigenvalue weighted by molar-refractivity contribution is 9.10. The average molecular weight is 295 g/mol. The van der Waals surface area contributed by atoms with Gasteiger partial charge in [-0.3, -0.25) is 0 Å². The van der Waals surface area contributed by atoms with E-state index in [9.17, 15) is 0 Å². The van der Waals surface area contributed by atoms with E-state index in [0.717, 1.165) is 19.6 Å². The van der Waals surface area contributed by atoms with Crippen LogP contribution in [0, 0.1) is 0 Å². The number of nitrogens with one attached hydrogen (secondary N) is 2. The summed E-state index contributed by atoms with van der Waals surface area (Å²) >= 11 is 3.58. The number of fused-ring (bicyclic) bond motifs is 1. The lowest BCUT2D eigenvalue weighted by Gasteiger charge is -2.35. The summed E-state index contributed by atoms with van der Waals surface area (Å²) < 4.78 is 1.21. The molecule has 2 N–H and O–H groups in total. The molecule has 0 spiro atoms. The minimum atomic E-state index is 0.615. The zero-order valence-electron chi connectivity index (χ0n) is 10.0. The lowest BCUT2D eigenvalue weighted by atomic mass is 9.78. The summed E-state index contributed by atoms with van der Waals surface area (Å²) in [5, 5.41) is 7.17. The zero-order valence-corrected chi connectivity index (χ0v) is 11.6. The Morgan fingerprint density at radius 1 is 1.24 bits per heavy atom. The Balaban J connectivity index is 1.88. The molecule has 2 nitrogen and oxygen atoms in total. The van der Waals surface area contributed by atoms with Gasteiger partial charge in [-0.15, -0.1) is 0 Å². The van der Waals surface area contributed by atoms with Crippen LogP contribution in [0.25, 0.3) is 0 Å². The molecule has 1 aliphatic heterocycles. The van der Waals surface area contributed by atoms with Crippen LogP contribution in [-0.4, -0.2) is 25.7 Å². The van der Waals surface area contributed by atoms with E-state index in [4.69, 9.17) is 0 Å². The van der Waals surface area contributed by atoms with Gasteiger partial charge in [-0.2, -0.15) is 0 Å². The fraction of sp³-hybridized carbons (Fsp3) is 0.571. The Labute approximate surface area is 111 Å². The first kappa shape index (κ1) is 11.7. The van der Waals surface area contributed by atoms with E-state index >= 15 is 0 Å². The second-order valence-electron chi connectivity index (χ2n) is 5.11. The van der Waals surface area contributed by atoms with Crippen molar-refractivity contribution in [1.82, 2.24) is 10.6 Å². The van der Waals surface area contributed by atoms with Crippen molar-refractivity contribution in [3.63, 3.8) is 0 Å². The van der Waals surface area contributed by atoms with Crippen molar-refractivity contribution in [1.29, 1.82) is 0 Å². The molecule has 92 valence electrons. The first-order valence-corrected chi connectivity index (χ1v) is 7.36. The van der Waals surface area contributed by atoms with E-state index in [1.165, 1.54) is 23.7 Å². The standard InChI is InChI=1S/C14H19BrN2/c15-11-4-5-12-10(8-11)2-1-3-13(12)14-9-16-6-7-17-14/h4-5,8,13-14,16-17H,1-3,6-7,9H2. The molecule has 2 aliphatic rings. The third kappa shape index (κ3) is 2.42. The van der Waals surface area contributed by atoms with Gasteiger partial charge in [0.05, 0.1) is 0 Å². The van der Waals surface area contributed by atoms with Crippen LogP contribution < -0.4 is 10.6 Å². The number of rotatable bonds is 1. The maximum absolute atomic E-state index is 3.67. The summed E-state index contributed by atoms with van der Waals surface area (Å²) in [5.74, 6) is 0.694. The minimum Gasteiger partial charge on any atom is -0.314 e. The summed E-state index contributed by atoms with van der Waals surface area (Å²) in [4.78, 5) is 0. The molecule has 17 heavy (non-hydrogen) atoms. The van der Waals surface area contributed by atoms with Crippen LogP contribution in [0.4, 0.5) is 0 Å². The molecular weight excluding hydrogens is 276 g/mol. The normalized spacial score (nSPS) is 28.8. The van der Waals surface area contributed by atoms with E-state index in [1.807, 2.05) is 0 Å². The van der Waals surface area contributed by atoms with Crippen molar-refractivity contribution in [2.24, 2.45) is 0 Å². The van der Waals surface area contributed by atoms with Crippen LogP contribution in [0.2, 0.25) is 0 Å². The van der Waals surface area contributed by atoms with E-state index in [1.54, 1.807) is 11.1 Å².